The molecule has 1 aliphatic heterocycles. The molecule has 6 heteroatoms. The molecule has 0 N–H and O–H groups in total. The highest BCUT2D eigenvalue weighted by molar-refractivity contribution is 5.90. The number of amidine groups is 1. The fraction of sp³-hybridized carbons (Fsp3) is 0.750. The molecule has 0 atom stereocenters. The number of unbranched alkanes of at least 4 members (excludes halogenated alkanes) is 1. The van der Waals surface area contributed by atoms with E-state index in [9.17, 15) is 10.1 Å². The SMILES string of the molecule is CCCCn1cc(C2=[N+]([O-])C(C)(C)C(C)(C)[N+]2=O)c(CC)n1. The monoisotopic (exact) mass is 307 g/mol. The third kappa shape index (κ3) is 2.25. The molecular formula is C16H27N4O2+. The summed E-state index contributed by atoms with van der Waals surface area (Å²) in [6, 6.07) is 0. The standard InChI is InChI=1S/C16H27N4O2/c1-7-9-10-18-11-12(13(8-2)17-18)14-19(21)15(3,4)16(5,6)20(14)22/h11H,7-10H2,1-6H3/q+1. The first-order chi connectivity index (χ1) is 10.2. The molecule has 0 radical (unpaired) electrons. The van der Waals surface area contributed by atoms with Gasteiger partial charge in [-0.1, -0.05) is 20.3 Å². The molecule has 2 heterocycles. The Kier molecular flexibility index (Phi) is 4.15. The van der Waals surface area contributed by atoms with Crippen LogP contribution in [-0.2, 0) is 13.0 Å². The molecule has 0 spiro atoms. The highest BCUT2D eigenvalue weighted by Crippen LogP contribution is 2.35. The second-order valence-corrected chi connectivity index (χ2v) is 6.99. The number of nitroso groups, excluding NO2 is 1. The van der Waals surface area contributed by atoms with Gasteiger partial charge < -0.3 is 5.21 Å². The van der Waals surface area contributed by atoms with Gasteiger partial charge in [-0.05, 0) is 12.8 Å². The molecule has 0 saturated carbocycles. The average molecular weight is 307 g/mol. The lowest BCUT2D eigenvalue weighted by molar-refractivity contribution is -0.555. The summed E-state index contributed by atoms with van der Waals surface area (Å²) in [4.78, 5) is 12.7. The van der Waals surface area contributed by atoms with E-state index in [0.717, 1.165) is 34.6 Å². The third-order valence-electron chi connectivity index (χ3n) is 5.05. The fourth-order valence-electron chi connectivity index (χ4n) is 2.67. The van der Waals surface area contributed by atoms with E-state index in [1.807, 2.05) is 45.5 Å². The van der Waals surface area contributed by atoms with E-state index in [2.05, 4.69) is 12.0 Å². The van der Waals surface area contributed by atoms with Crippen molar-refractivity contribution in [3.63, 3.8) is 0 Å². The van der Waals surface area contributed by atoms with Gasteiger partial charge in [0.2, 0.25) is 5.54 Å². The van der Waals surface area contributed by atoms with Gasteiger partial charge in [0.1, 0.15) is 4.76 Å². The predicted octanol–water partition coefficient (Wildman–Crippen LogP) is 2.85. The minimum atomic E-state index is -0.791. The van der Waals surface area contributed by atoms with E-state index in [4.69, 9.17) is 0 Å². The van der Waals surface area contributed by atoms with E-state index in [1.165, 1.54) is 0 Å². The minimum absolute atomic E-state index is 0.189. The van der Waals surface area contributed by atoms with E-state index in [1.54, 1.807) is 0 Å². The van der Waals surface area contributed by atoms with Gasteiger partial charge in [-0.2, -0.15) is 5.10 Å². The summed E-state index contributed by atoms with van der Waals surface area (Å²) in [6.45, 7) is 12.2. The molecule has 1 aromatic rings. The van der Waals surface area contributed by atoms with E-state index in [0.29, 0.717) is 12.0 Å². The molecule has 22 heavy (non-hydrogen) atoms. The van der Waals surface area contributed by atoms with Crippen LogP contribution in [0, 0.1) is 10.1 Å². The molecule has 0 amide bonds. The molecule has 2 rings (SSSR count). The lowest BCUT2D eigenvalue weighted by Crippen LogP contribution is -2.50. The summed E-state index contributed by atoms with van der Waals surface area (Å²) in [5.41, 5.74) is -0.107. The fourth-order valence-corrected chi connectivity index (χ4v) is 2.67. The Hall–Kier alpha value is -1.72. The van der Waals surface area contributed by atoms with Crippen LogP contribution in [-0.4, -0.2) is 36.2 Å². The average Bonchev–Trinajstić information content (AvgIpc) is 2.91. The van der Waals surface area contributed by atoms with Gasteiger partial charge in [0.15, 0.2) is 5.56 Å². The molecule has 0 fully saturated rings. The summed E-state index contributed by atoms with van der Waals surface area (Å²) < 4.78 is 3.57. The van der Waals surface area contributed by atoms with Crippen LogP contribution in [0.3, 0.4) is 0 Å². The van der Waals surface area contributed by atoms with Crippen molar-refractivity contribution in [3.05, 3.63) is 27.6 Å². The second kappa shape index (κ2) is 5.48. The molecule has 6 nitrogen and oxygen atoms in total. The zero-order chi connectivity index (χ0) is 16.7. The molecule has 0 aromatic carbocycles. The largest absolute Gasteiger partial charge is 0.618 e. The van der Waals surface area contributed by atoms with Gasteiger partial charge in [0, 0.05) is 45.3 Å². The van der Waals surface area contributed by atoms with E-state index in [-0.39, 0.29) is 5.84 Å². The van der Waals surface area contributed by atoms with Crippen molar-refractivity contribution < 1.29 is 9.50 Å². The maximum absolute atomic E-state index is 12.7. The summed E-state index contributed by atoms with van der Waals surface area (Å²) >= 11 is 0. The predicted molar refractivity (Wildman–Crippen MR) is 86.0 cm³/mol. The van der Waals surface area contributed by atoms with Crippen molar-refractivity contribution in [3.8, 4) is 0 Å². The third-order valence-corrected chi connectivity index (χ3v) is 5.05. The molecule has 0 unspecified atom stereocenters. The zero-order valence-corrected chi connectivity index (χ0v) is 14.5. The van der Waals surface area contributed by atoms with Gasteiger partial charge in [0.05, 0.1) is 5.69 Å². The van der Waals surface area contributed by atoms with Crippen LogP contribution in [0.2, 0.25) is 0 Å². The molecule has 0 aliphatic carbocycles. The van der Waals surface area contributed by atoms with E-state index < -0.39 is 11.1 Å². The van der Waals surface area contributed by atoms with Crippen LogP contribution in [0.4, 0.5) is 0 Å². The van der Waals surface area contributed by atoms with Crippen LogP contribution in [0.15, 0.2) is 6.20 Å². The van der Waals surface area contributed by atoms with Gasteiger partial charge in [-0.15, -0.1) is 4.74 Å². The Bertz CT molecular complexity index is 626. The van der Waals surface area contributed by atoms with Crippen molar-refractivity contribution in [1.82, 2.24) is 9.78 Å². The summed E-state index contributed by atoms with van der Waals surface area (Å²) in [5.74, 6) is 0.189. The minimum Gasteiger partial charge on any atom is -0.618 e. The molecule has 122 valence electrons. The molecule has 1 aromatic heterocycles. The summed E-state index contributed by atoms with van der Waals surface area (Å²) in [7, 11) is 0. The van der Waals surface area contributed by atoms with Crippen molar-refractivity contribution in [1.29, 1.82) is 0 Å². The number of hydrogen-bond donors (Lipinski definition) is 0. The smallest absolute Gasteiger partial charge is 0.508 e. The van der Waals surface area contributed by atoms with Gasteiger partial charge in [0.25, 0.3) is 5.54 Å². The molecule has 1 aliphatic rings. The van der Waals surface area contributed by atoms with Crippen molar-refractivity contribution in [2.45, 2.75) is 78.4 Å². The highest BCUT2D eigenvalue weighted by atomic mass is 16.5. The molecular weight excluding hydrogens is 280 g/mol. The van der Waals surface area contributed by atoms with Crippen LogP contribution in [0.25, 0.3) is 0 Å². The normalized spacial score (nSPS) is 20.0. The first kappa shape index (κ1) is 16.6. The lowest BCUT2D eigenvalue weighted by Gasteiger charge is -2.22. The number of rotatable bonds is 5. The van der Waals surface area contributed by atoms with Gasteiger partial charge in [-0.25, -0.2) is 0 Å². The first-order valence-electron chi connectivity index (χ1n) is 8.06. The Balaban J connectivity index is 2.54. The summed E-state index contributed by atoms with van der Waals surface area (Å²) in [5, 5.41) is 17.3. The molecule has 0 saturated heterocycles. The van der Waals surface area contributed by atoms with E-state index >= 15 is 0 Å². The van der Waals surface area contributed by atoms with Crippen molar-refractivity contribution in [2.24, 2.45) is 0 Å². The van der Waals surface area contributed by atoms with Crippen molar-refractivity contribution in [2.75, 3.05) is 0 Å². The lowest BCUT2D eigenvalue weighted by atomic mass is 9.84. The van der Waals surface area contributed by atoms with Crippen LogP contribution in [0.1, 0.15) is 65.6 Å². The Morgan fingerprint density at radius 3 is 2.32 bits per heavy atom. The Labute approximate surface area is 132 Å². The van der Waals surface area contributed by atoms with Gasteiger partial charge >= 0.3 is 5.84 Å². The maximum atomic E-state index is 12.7. The number of hydroxylamine groups is 1. The van der Waals surface area contributed by atoms with Gasteiger partial charge in [-0.3, -0.25) is 4.68 Å². The number of aromatic nitrogens is 2. The van der Waals surface area contributed by atoms with Crippen LogP contribution >= 0.6 is 0 Å². The highest BCUT2D eigenvalue weighted by Gasteiger charge is 2.68. The first-order valence-corrected chi connectivity index (χ1v) is 8.06. The summed E-state index contributed by atoms with van der Waals surface area (Å²) in [6.07, 6.45) is 4.64. The van der Waals surface area contributed by atoms with Crippen LogP contribution < -0.4 is 0 Å². The number of nitrogens with zero attached hydrogens (tertiary/aromatic N) is 4. The second-order valence-electron chi connectivity index (χ2n) is 6.99. The quantitative estimate of drug-likeness (QED) is 0.620. The molecule has 0 bridgehead atoms. The van der Waals surface area contributed by atoms with Crippen LogP contribution in [0.5, 0.6) is 0 Å². The number of aryl methyl sites for hydroxylation is 2. The van der Waals surface area contributed by atoms with Crippen molar-refractivity contribution >= 4 is 5.84 Å². The zero-order valence-electron chi connectivity index (χ0n) is 14.5. The topological polar surface area (TPSA) is 64.0 Å². The number of hydrogen-bond acceptors (Lipinski definition) is 3. The Morgan fingerprint density at radius 1 is 1.23 bits per heavy atom. The maximum Gasteiger partial charge on any atom is 0.508 e. The Morgan fingerprint density at radius 2 is 1.86 bits per heavy atom.